The van der Waals surface area contributed by atoms with Crippen molar-refractivity contribution in [1.29, 1.82) is 0 Å². The van der Waals surface area contributed by atoms with Gasteiger partial charge in [-0.25, -0.2) is 4.68 Å². The molecule has 0 radical (unpaired) electrons. The molecule has 4 N–H and O–H groups in total. The first-order valence-corrected chi connectivity index (χ1v) is 9.55. The standard InChI is InChI=1S/C18H17ClN6O2S/c1-11(26)21-14-6-8-15(9-7-14)22-16(27)10-28-18-24-23-17(25(18)20)12-2-4-13(19)5-3-12/h2-9H,10,20H2,1H3,(H,21,26)(H,22,27). The molecule has 0 aliphatic carbocycles. The van der Waals surface area contributed by atoms with Crippen molar-refractivity contribution in [2.75, 3.05) is 22.2 Å². The summed E-state index contributed by atoms with van der Waals surface area (Å²) in [5.74, 6) is 6.26. The van der Waals surface area contributed by atoms with Crippen molar-refractivity contribution in [2.45, 2.75) is 12.1 Å². The summed E-state index contributed by atoms with van der Waals surface area (Å²) in [7, 11) is 0. The van der Waals surface area contributed by atoms with E-state index in [1.54, 1.807) is 48.5 Å². The average molecular weight is 417 g/mol. The largest absolute Gasteiger partial charge is 0.335 e. The molecule has 2 amide bonds. The molecule has 3 rings (SSSR count). The first-order chi connectivity index (χ1) is 13.4. The molecule has 3 aromatic rings. The molecule has 0 saturated carbocycles. The molecular weight excluding hydrogens is 400 g/mol. The predicted molar refractivity (Wildman–Crippen MR) is 111 cm³/mol. The van der Waals surface area contributed by atoms with Gasteiger partial charge in [-0.15, -0.1) is 10.2 Å². The van der Waals surface area contributed by atoms with Gasteiger partial charge >= 0.3 is 0 Å². The van der Waals surface area contributed by atoms with Crippen molar-refractivity contribution in [3.8, 4) is 11.4 Å². The van der Waals surface area contributed by atoms with E-state index in [9.17, 15) is 9.59 Å². The Morgan fingerprint density at radius 2 is 1.64 bits per heavy atom. The zero-order valence-electron chi connectivity index (χ0n) is 14.8. The second-order valence-electron chi connectivity index (χ2n) is 5.78. The van der Waals surface area contributed by atoms with E-state index in [4.69, 9.17) is 17.4 Å². The van der Waals surface area contributed by atoms with Crippen LogP contribution < -0.4 is 16.5 Å². The number of nitrogen functional groups attached to an aromatic ring is 1. The number of aromatic nitrogens is 3. The van der Waals surface area contributed by atoms with E-state index in [-0.39, 0.29) is 17.6 Å². The van der Waals surface area contributed by atoms with Crippen LogP contribution in [0.1, 0.15) is 6.92 Å². The van der Waals surface area contributed by atoms with Crippen LogP contribution in [-0.4, -0.2) is 32.4 Å². The molecule has 0 unspecified atom stereocenters. The van der Waals surface area contributed by atoms with Crippen LogP contribution in [0.3, 0.4) is 0 Å². The Morgan fingerprint density at radius 1 is 1.04 bits per heavy atom. The van der Waals surface area contributed by atoms with Gasteiger partial charge in [-0.1, -0.05) is 23.4 Å². The molecule has 8 nitrogen and oxygen atoms in total. The molecule has 0 aliphatic rings. The monoisotopic (exact) mass is 416 g/mol. The molecule has 2 aromatic carbocycles. The highest BCUT2D eigenvalue weighted by Gasteiger charge is 2.14. The molecule has 0 atom stereocenters. The highest BCUT2D eigenvalue weighted by Crippen LogP contribution is 2.23. The number of hydrogen-bond donors (Lipinski definition) is 3. The molecule has 0 saturated heterocycles. The molecule has 0 aliphatic heterocycles. The minimum Gasteiger partial charge on any atom is -0.335 e. The Balaban J connectivity index is 1.57. The maximum absolute atomic E-state index is 12.2. The number of benzene rings is 2. The number of nitrogens with one attached hydrogen (secondary N) is 2. The summed E-state index contributed by atoms with van der Waals surface area (Å²) in [6, 6.07) is 13.9. The topological polar surface area (TPSA) is 115 Å². The fourth-order valence-corrected chi connectivity index (χ4v) is 3.12. The van der Waals surface area contributed by atoms with E-state index in [1.165, 1.54) is 23.4 Å². The number of nitrogens with two attached hydrogens (primary N) is 1. The van der Waals surface area contributed by atoms with E-state index in [0.29, 0.717) is 27.4 Å². The normalized spacial score (nSPS) is 10.5. The number of amides is 2. The van der Waals surface area contributed by atoms with Gasteiger partial charge in [0.1, 0.15) is 0 Å². The molecule has 1 heterocycles. The second kappa shape index (κ2) is 8.77. The lowest BCUT2D eigenvalue weighted by atomic mass is 10.2. The van der Waals surface area contributed by atoms with Gasteiger partial charge in [-0.3, -0.25) is 9.59 Å². The summed E-state index contributed by atoms with van der Waals surface area (Å²) in [6.07, 6.45) is 0. The number of nitrogens with zero attached hydrogens (tertiary/aromatic N) is 3. The summed E-state index contributed by atoms with van der Waals surface area (Å²) >= 11 is 7.06. The van der Waals surface area contributed by atoms with Crippen LogP contribution in [0, 0.1) is 0 Å². The van der Waals surface area contributed by atoms with Crippen LogP contribution in [0.4, 0.5) is 11.4 Å². The van der Waals surface area contributed by atoms with Crippen LogP contribution in [0.5, 0.6) is 0 Å². The summed E-state index contributed by atoms with van der Waals surface area (Å²) in [5, 5.41) is 14.6. The Morgan fingerprint density at radius 3 is 2.25 bits per heavy atom. The molecule has 0 bridgehead atoms. The van der Waals surface area contributed by atoms with Crippen LogP contribution in [0.2, 0.25) is 5.02 Å². The van der Waals surface area contributed by atoms with Gasteiger partial charge in [0, 0.05) is 28.9 Å². The summed E-state index contributed by atoms with van der Waals surface area (Å²) < 4.78 is 1.34. The van der Waals surface area contributed by atoms with Gasteiger partial charge in [-0.2, -0.15) is 0 Å². The Bertz CT molecular complexity index is 988. The third-order valence-electron chi connectivity index (χ3n) is 3.59. The third kappa shape index (κ3) is 5.02. The number of halogens is 1. The summed E-state index contributed by atoms with van der Waals surface area (Å²) in [6.45, 7) is 1.43. The summed E-state index contributed by atoms with van der Waals surface area (Å²) in [5.41, 5.74) is 2.05. The highest BCUT2D eigenvalue weighted by atomic mass is 35.5. The van der Waals surface area contributed by atoms with Crippen molar-refractivity contribution < 1.29 is 9.59 Å². The van der Waals surface area contributed by atoms with E-state index in [2.05, 4.69) is 20.8 Å². The molecule has 28 heavy (non-hydrogen) atoms. The first kappa shape index (κ1) is 19.7. The Kier molecular flexibility index (Phi) is 6.17. The zero-order valence-corrected chi connectivity index (χ0v) is 16.4. The van der Waals surface area contributed by atoms with Gasteiger partial charge < -0.3 is 16.5 Å². The lowest BCUT2D eigenvalue weighted by Gasteiger charge is -2.07. The van der Waals surface area contributed by atoms with Crippen molar-refractivity contribution in [1.82, 2.24) is 14.9 Å². The fourth-order valence-electron chi connectivity index (χ4n) is 2.34. The zero-order chi connectivity index (χ0) is 20.1. The smallest absolute Gasteiger partial charge is 0.234 e. The molecule has 0 fully saturated rings. The molecule has 10 heteroatoms. The van der Waals surface area contributed by atoms with Crippen LogP contribution in [0.25, 0.3) is 11.4 Å². The highest BCUT2D eigenvalue weighted by molar-refractivity contribution is 7.99. The molecule has 1 aromatic heterocycles. The summed E-state index contributed by atoms with van der Waals surface area (Å²) in [4.78, 5) is 23.2. The van der Waals surface area contributed by atoms with Crippen molar-refractivity contribution in [3.05, 3.63) is 53.6 Å². The number of rotatable bonds is 6. The van der Waals surface area contributed by atoms with Crippen LogP contribution in [-0.2, 0) is 9.59 Å². The van der Waals surface area contributed by atoms with E-state index >= 15 is 0 Å². The van der Waals surface area contributed by atoms with Crippen LogP contribution >= 0.6 is 23.4 Å². The average Bonchev–Trinajstić information content (AvgIpc) is 3.02. The SMILES string of the molecule is CC(=O)Nc1ccc(NC(=O)CSc2nnc(-c3ccc(Cl)cc3)n2N)cc1. The van der Waals surface area contributed by atoms with E-state index in [1.807, 2.05) is 0 Å². The maximum Gasteiger partial charge on any atom is 0.234 e. The molecule has 0 spiro atoms. The van der Waals surface area contributed by atoms with Crippen LogP contribution in [0.15, 0.2) is 53.7 Å². The van der Waals surface area contributed by atoms with E-state index < -0.39 is 0 Å². The van der Waals surface area contributed by atoms with Gasteiger partial charge in [-0.05, 0) is 48.5 Å². The van der Waals surface area contributed by atoms with Gasteiger partial charge in [0.15, 0.2) is 5.82 Å². The van der Waals surface area contributed by atoms with Crippen molar-refractivity contribution in [2.24, 2.45) is 0 Å². The predicted octanol–water partition coefficient (Wildman–Crippen LogP) is 3.00. The lowest BCUT2D eigenvalue weighted by molar-refractivity contribution is -0.114. The third-order valence-corrected chi connectivity index (χ3v) is 4.78. The number of carbonyl (C=O) groups excluding carboxylic acids is 2. The number of hydrogen-bond acceptors (Lipinski definition) is 6. The van der Waals surface area contributed by atoms with Gasteiger partial charge in [0.05, 0.1) is 5.75 Å². The van der Waals surface area contributed by atoms with Crippen molar-refractivity contribution >= 4 is 46.6 Å². The number of thioether (sulfide) groups is 1. The Labute approximate surface area is 170 Å². The van der Waals surface area contributed by atoms with Crippen molar-refractivity contribution in [3.63, 3.8) is 0 Å². The fraction of sp³-hybridized carbons (Fsp3) is 0.111. The molecular formula is C18H17ClN6O2S. The quantitative estimate of drug-likeness (QED) is 0.420. The number of anilines is 2. The minimum absolute atomic E-state index is 0.114. The lowest BCUT2D eigenvalue weighted by Crippen LogP contribution is -2.16. The van der Waals surface area contributed by atoms with Gasteiger partial charge in [0.2, 0.25) is 17.0 Å². The first-order valence-electron chi connectivity index (χ1n) is 8.19. The Hall–Kier alpha value is -3.04. The minimum atomic E-state index is -0.215. The second-order valence-corrected chi connectivity index (χ2v) is 7.16. The molecule has 144 valence electrons. The number of carbonyl (C=O) groups is 2. The van der Waals surface area contributed by atoms with E-state index in [0.717, 1.165) is 5.56 Å². The van der Waals surface area contributed by atoms with Gasteiger partial charge in [0.25, 0.3) is 0 Å². The maximum atomic E-state index is 12.2.